The number of pyridine rings is 1. The molecular formula is C21H13NO2. The molecule has 5 aromatic rings. The molecular weight excluding hydrogens is 298 g/mol. The van der Waals surface area contributed by atoms with Gasteiger partial charge in [0.1, 0.15) is 5.58 Å². The first-order valence-electron chi connectivity index (χ1n) is 7.84. The quantitative estimate of drug-likeness (QED) is 0.468. The number of benzene rings is 3. The predicted molar refractivity (Wildman–Crippen MR) is 97.3 cm³/mol. The number of hydrogen-bond acceptors (Lipinski definition) is 2. The zero-order chi connectivity index (χ0) is 16.1. The maximum Gasteiger partial charge on any atom is 0.249 e. The lowest BCUT2D eigenvalue weighted by Gasteiger charge is -2.02. The highest BCUT2D eigenvalue weighted by Gasteiger charge is 2.15. The molecule has 24 heavy (non-hydrogen) atoms. The van der Waals surface area contributed by atoms with E-state index in [1.165, 1.54) is 0 Å². The summed E-state index contributed by atoms with van der Waals surface area (Å²) in [5.41, 5.74) is 3.91. The number of fused-ring (bicyclic) bond motifs is 5. The fourth-order valence-electron chi connectivity index (χ4n) is 3.37. The van der Waals surface area contributed by atoms with Gasteiger partial charge in [-0.05, 0) is 22.4 Å². The smallest absolute Gasteiger partial charge is 0.249 e. The molecule has 0 aliphatic carbocycles. The summed E-state index contributed by atoms with van der Waals surface area (Å²) < 4.78 is 6.13. The summed E-state index contributed by atoms with van der Waals surface area (Å²) in [4.78, 5) is 15.2. The van der Waals surface area contributed by atoms with Gasteiger partial charge in [0.15, 0.2) is 5.58 Å². The highest BCUT2D eigenvalue weighted by molar-refractivity contribution is 6.19. The van der Waals surface area contributed by atoms with E-state index in [1.807, 2.05) is 54.6 Å². The van der Waals surface area contributed by atoms with Crippen molar-refractivity contribution in [2.45, 2.75) is 0 Å². The third-order valence-electron chi connectivity index (χ3n) is 4.43. The molecule has 0 spiro atoms. The van der Waals surface area contributed by atoms with Gasteiger partial charge in [0.2, 0.25) is 5.56 Å². The van der Waals surface area contributed by atoms with Gasteiger partial charge < -0.3 is 9.40 Å². The molecule has 114 valence electrons. The number of aromatic nitrogens is 1. The highest BCUT2D eigenvalue weighted by atomic mass is 16.3. The topological polar surface area (TPSA) is 46.0 Å². The van der Waals surface area contributed by atoms with Gasteiger partial charge in [-0.25, -0.2) is 0 Å². The molecule has 2 aromatic heterocycles. The SMILES string of the molecule is O=c1cc(-c2ccccc2)c2oc3ccc4ccccc4c3c2[nH]1. The molecule has 3 aromatic carbocycles. The Hall–Kier alpha value is -3.33. The van der Waals surface area contributed by atoms with Crippen molar-refractivity contribution in [3.8, 4) is 11.1 Å². The van der Waals surface area contributed by atoms with Crippen LogP contribution in [0.4, 0.5) is 0 Å². The van der Waals surface area contributed by atoms with E-state index < -0.39 is 0 Å². The first kappa shape index (κ1) is 13.1. The van der Waals surface area contributed by atoms with Gasteiger partial charge in [-0.15, -0.1) is 0 Å². The van der Waals surface area contributed by atoms with E-state index in [4.69, 9.17) is 4.42 Å². The van der Waals surface area contributed by atoms with E-state index in [9.17, 15) is 4.79 Å². The molecule has 0 bridgehead atoms. The zero-order valence-electron chi connectivity index (χ0n) is 12.7. The van der Waals surface area contributed by atoms with E-state index in [1.54, 1.807) is 6.07 Å². The van der Waals surface area contributed by atoms with Gasteiger partial charge in [0.05, 0.1) is 10.9 Å². The molecule has 0 amide bonds. The molecule has 1 N–H and O–H groups in total. The van der Waals surface area contributed by atoms with E-state index in [0.29, 0.717) is 5.58 Å². The van der Waals surface area contributed by atoms with Crippen LogP contribution in [0.15, 0.2) is 82.0 Å². The summed E-state index contributed by atoms with van der Waals surface area (Å²) in [5.74, 6) is 0. The van der Waals surface area contributed by atoms with Crippen LogP contribution >= 0.6 is 0 Å². The van der Waals surface area contributed by atoms with Crippen molar-refractivity contribution < 1.29 is 4.42 Å². The van der Waals surface area contributed by atoms with Crippen LogP contribution in [0.1, 0.15) is 0 Å². The van der Waals surface area contributed by atoms with Crippen LogP contribution < -0.4 is 5.56 Å². The van der Waals surface area contributed by atoms with Gasteiger partial charge in [-0.2, -0.15) is 0 Å². The Balaban J connectivity index is 2.01. The third kappa shape index (κ3) is 1.82. The summed E-state index contributed by atoms with van der Waals surface area (Å²) in [6.45, 7) is 0. The van der Waals surface area contributed by atoms with E-state index in [-0.39, 0.29) is 5.56 Å². The molecule has 0 saturated heterocycles. The van der Waals surface area contributed by atoms with Crippen LogP contribution in [0.5, 0.6) is 0 Å². The van der Waals surface area contributed by atoms with Gasteiger partial charge >= 0.3 is 0 Å². The summed E-state index contributed by atoms with van der Waals surface area (Å²) >= 11 is 0. The number of aromatic amines is 1. The average Bonchev–Trinajstić information content (AvgIpc) is 3.00. The maximum atomic E-state index is 12.3. The summed E-state index contributed by atoms with van der Waals surface area (Å²) in [7, 11) is 0. The molecule has 2 heterocycles. The van der Waals surface area contributed by atoms with Crippen molar-refractivity contribution in [1.29, 1.82) is 0 Å². The minimum absolute atomic E-state index is 0.128. The van der Waals surface area contributed by atoms with Crippen LogP contribution in [0.3, 0.4) is 0 Å². The van der Waals surface area contributed by atoms with E-state index >= 15 is 0 Å². The Bertz CT molecular complexity index is 1260. The summed E-state index contributed by atoms with van der Waals surface area (Å²) in [6, 6.07) is 23.6. The van der Waals surface area contributed by atoms with Crippen molar-refractivity contribution in [3.05, 3.63) is 83.2 Å². The van der Waals surface area contributed by atoms with Gasteiger partial charge in [0, 0.05) is 11.6 Å². The minimum Gasteiger partial charge on any atom is -0.454 e. The summed E-state index contributed by atoms with van der Waals surface area (Å²) in [5, 5.41) is 3.16. The zero-order valence-corrected chi connectivity index (χ0v) is 12.7. The second-order valence-electron chi connectivity index (χ2n) is 5.88. The molecule has 0 fully saturated rings. The normalized spacial score (nSPS) is 11.5. The van der Waals surface area contributed by atoms with Crippen molar-refractivity contribution >= 4 is 32.8 Å². The third-order valence-corrected chi connectivity index (χ3v) is 4.43. The Kier molecular flexibility index (Phi) is 2.65. The second-order valence-corrected chi connectivity index (χ2v) is 5.88. The number of nitrogens with one attached hydrogen (secondary N) is 1. The first-order chi connectivity index (χ1) is 11.8. The molecule has 0 aliphatic heterocycles. The van der Waals surface area contributed by atoms with Gasteiger partial charge in [-0.3, -0.25) is 4.79 Å². The lowest BCUT2D eigenvalue weighted by atomic mass is 10.0. The van der Waals surface area contributed by atoms with Gasteiger partial charge in [-0.1, -0.05) is 60.7 Å². The Morgan fingerprint density at radius 1 is 0.833 bits per heavy atom. The summed E-state index contributed by atoms with van der Waals surface area (Å²) in [6.07, 6.45) is 0. The largest absolute Gasteiger partial charge is 0.454 e. The standard InChI is InChI=1S/C21H13NO2/c23-18-12-16(13-6-2-1-3-7-13)21-20(22-18)19-15-9-5-4-8-14(15)10-11-17(19)24-21/h1-12H,(H,22,23). The average molecular weight is 311 g/mol. The predicted octanol–water partition coefficient (Wildman–Crippen LogP) is 5.09. The van der Waals surface area contributed by atoms with Crippen LogP contribution in [-0.4, -0.2) is 4.98 Å². The highest BCUT2D eigenvalue weighted by Crippen LogP contribution is 2.36. The Labute approximate surface area is 137 Å². The second kappa shape index (κ2) is 4.83. The first-order valence-corrected chi connectivity index (χ1v) is 7.84. The fraction of sp³-hybridized carbons (Fsp3) is 0. The van der Waals surface area contributed by atoms with Crippen LogP contribution in [0.2, 0.25) is 0 Å². The molecule has 3 nitrogen and oxygen atoms in total. The van der Waals surface area contributed by atoms with E-state index in [0.717, 1.165) is 38.4 Å². The number of H-pyrrole nitrogens is 1. The number of hydrogen-bond donors (Lipinski definition) is 1. The van der Waals surface area contributed by atoms with Crippen LogP contribution in [0, 0.1) is 0 Å². The van der Waals surface area contributed by atoms with E-state index in [2.05, 4.69) is 17.1 Å². The van der Waals surface area contributed by atoms with Gasteiger partial charge in [0.25, 0.3) is 0 Å². The molecule has 0 saturated carbocycles. The maximum absolute atomic E-state index is 12.3. The van der Waals surface area contributed by atoms with Crippen molar-refractivity contribution in [1.82, 2.24) is 4.98 Å². The van der Waals surface area contributed by atoms with Crippen molar-refractivity contribution in [2.75, 3.05) is 0 Å². The lowest BCUT2D eigenvalue weighted by molar-refractivity contribution is 0.669. The van der Waals surface area contributed by atoms with Crippen molar-refractivity contribution in [2.24, 2.45) is 0 Å². The molecule has 0 aliphatic rings. The molecule has 5 rings (SSSR count). The Morgan fingerprint density at radius 2 is 1.62 bits per heavy atom. The molecule has 3 heteroatoms. The molecule has 0 atom stereocenters. The number of rotatable bonds is 1. The lowest BCUT2D eigenvalue weighted by Crippen LogP contribution is -2.03. The fourth-order valence-corrected chi connectivity index (χ4v) is 3.37. The Morgan fingerprint density at radius 3 is 2.50 bits per heavy atom. The monoisotopic (exact) mass is 311 g/mol. The van der Waals surface area contributed by atoms with Crippen LogP contribution in [0.25, 0.3) is 44.0 Å². The van der Waals surface area contributed by atoms with Crippen LogP contribution in [-0.2, 0) is 0 Å². The number of furan rings is 1. The van der Waals surface area contributed by atoms with Crippen molar-refractivity contribution in [3.63, 3.8) is 0 Å². The minimum atomic E-state index is -0.128. The molecule has 0 radical (unpaired) electrons. The molecule has 0 unspecified atom stereocenters.